The van der Waals surface area contributed by atoms with E-state index >= 15 is 0 Å². The first-order valence-corrected chi connectivity index (χ1v) is 6.37. The minimum atomic E-state index is -0.315. The summed E-state index contributed by atoms with van der Waals surface area (Å²) in [5.74, 6) is -0.324. The van der Waals surface area contributed by atoms with Crippen molar-refractivity contribution in [2.24, 2.45) is 0 Å². The molecule has 1 aliphatic carbocycles. The molecule has 0 atom stereocenters. The number of hydrogen-bond donors (Lipinski definition) is 1. The molecule has 0 bridgehead atoms. The number of amides is 1. The number of rotatable bonds is 3. The molecule has 1 fully saturated rings. The third-order valence-electron chi connectivity index (χ3n) is 3.53. The Labute approximate surface area is 107 Å². The highest BCUT2D eigenvalue weighted by Crippen LogP contribution is 2.38. The molecule has 18 heavy (non-hydrogen) atoms. The molecule has 0 heterocycles. The van der Waals surface area contributed by atoms with E-state index < -0.39 is 0 Å². The molecule has 1 N–H and O–H groups in total. The monoisotopic (exact) mass is 247 g/mol. The SMILES string of the molecule is C/C=C/C(=O)NC1(c2ccc(F)cc2)CCCC1. The summed E-state index contributed by atoms with van der Waals surface area (Å²) in [6.45, 7) is 1.82. The Morgan fingerprint density at radius 1 is 1.28 bits per heavy atom. The number of carbonyl (C=O) groups is 1. The van der Waals surface area contributed by atoms with Gasteiger partial charge in [0.1, 0.15) is 5.82 Å². The smallest absolute Gasteiger partial charge is 0.244 e. The van der Waals surface area contributed by atoms with Crippen LogP contribution in [0.5, 0.6) is 0 Å². The molecule has 0 radical (unpaired) electrons. The van der Waals surface area contributed by atoms with Crippen molar-refractivity contribution >= 4 is 5.91 Å². The molecule has 0 spiro atoms. The van der Waals surface area contributed by atoms with Crippen molar-refractivity contribution in [3.63, 3.8) is 0 Å². The first-order valence-electron chi connectivity index (χ1n) is 6.37. The van der Waals surface area contributed by atoms with E-state index in [9.17, 15) is 9.18 Å². The Morgan fingerprint density at radius 3 is 2.44 bits per heavy atom. The minimum Gasteiger partial charge on any atom is -0.343 e. The van der Waals surface area contributed by atoms with Crippen LogP contribution < -0.4 is 5.32 Å². The van der Waals surface area contributed by atoms with E-state index in [0.717, 1.165) is 31.2 Å². The summed E-state index contributed by atoms with van der Waals surface area (Å²) in [6, 6.07) is 6.46. The molecular formula is C15H18FNO. The van der Waals surface area contributed by atoms with Crippen LogP contribution in [0.3, 0.4) is 0 Å². The summed E-state index contributed by atoms with van der Waals surface area (Å²) in [5.41, 5.74) is 0.684. The van der Waals surface area contributed by atoms with Gasteiger partial charge in [-0.15, -0.1) is 0 Å². The zero-order valence-corrected chi connectivity index (χ0v) is 10.6. The zero-order valence-electron chi connectivity index (χ0n) is 10.6. The van der Waals surface area contributed by atoms with Crippen LogP contribution in [-0.2, 0) is 10.3 Å². The summed E-state index contributed by atoms with van der Waals surface area (Å²) in [6.07, 6.45) is 7.27. The van der Waals surface area contributed by atoms with Crippen molar-refractivity contribution in [2.45, 2.75) is 38.1 Å². The zero-order chi connectivity index (χ0) is 13.0. The predicted octanol–water partition coefficient (Wildman–Crippen LogP) is 3.29. The van der Waals surface area contributed by atoms with E-state index in [1.807, 2.05) is 6.92 Å². The molecular weight excluding hydrogens is 229 g/mol. The summed E-state index contributed by atoms with van der Waals surface area (Å²) >= 11 is 0. The van der Waals surface area contributed by atoms with Gasteiger partial charge in [-0.1, -0.05) is 31.1 Å². The molecule has 3 heteroatoms. The third kappa shape index (κ3) is 2.61. The third-order valence-corrected chi connectivity index (χ3v) is 3.53. The Hall–Kier alpha value is -1.64. The van der Waals surface area contributed by atoms with Crippen molar-refractivity contribution in [3.8, 4) is 0 Å². The van der Waals surface area contributed by atoms with E-state index in [-0.39, 0.29) is 17.3 Å². The number of halogens is 1. The van der Waals surface area contributed by atoms with Crippen LogP contribution in [0.1, 0.15) is 38.2 Å². The van der Waals surface area contributed by atoms with E-state index in [2.05, 4.69) is 5.32 Å². The number of nitrogens with one attached hydrogen (secondary N) is 1. The van der Waals surface area contributed by atoms with Crippen molar-refractivity contribution in [1.29, 1.82) is 0 Å². The molecule has 1 amide bonds. The molecule has 0 saturated heterocycles. The fraction of sp³-hybridized carbons (Fsp3) is 0.400. The highest BCUT2D eigenvalue weighted by atomic mass is 19.1. The Balaban J connectivity index is 2.26. The van der Waals surface area contributed by atoms with Crippen LogP contribution in [-0.4, -0.2) is 5.91 Å². The maximum atomic E-state index is 13.0. The molecule has 1 aromatic rings. The minimum absolute atomic E-state index is 0.0799. The average Bonchev–Trinajstić information content (AvgIpc) is 2.79. The lowest BCUT2D eigenvalue weighted by Crippen LogP contribution is -2.43. The van der Waals surface area contributed by atoms with Gasteiger partial charge in [-0.25, -0.2) is 4.39 Å². The van der Waals surface area contributed by atoms with Gasteiger partial charge in [-0.05, 0) is 43.5 Å². The molecule has 2 rings (SSSR count). The molecule has 0 aliphatic heterocycles. The maximum Gasteiger partial charge on any atom is 0.244 e. The molecule has 1 aromatic carbocycles. The van der Waals surface area contributed by atoms with E-state index in [1.165, 1.54) is 18.2 Å². The maximum absolute atomic E-state index is 13.0. The molecule has 96 valence electrons. The normalized spacial score (nSPS) is 18.1. The molecule has 2 nitrogen and oxygen atoms in total. The van der Waals surface area contributed by atoms with Crippen LogP contribution in [0.15, 0.2) is 36.4 Å². The van der Waals surface area contributed by atoms with E-state index in [1.54, 1.807) is 18.2 Å². The summed E-state index contributed by atoms with van der Waals surface area (Å²) in [4.78, 5) is 11.8. The lowest BCUT2D eigenvalue weighted by atomic mass is 9.88. The van der Waals surface area contributed by atoms with Crippen LogP contribution >= 0.6 is 0 Å². The van der Waals surface area contributed by atoms with Crippen molar-refractivity contribution in [3.05, 3.63) is 47.8 Å². The fourth-order valence-electron chi connectivity index (χ4n) is 2.66. The van der Waals surface area contributed by atoms with Crippen molar-refractivity contribution in [2.75, 3.05) is 0 Å². The van der Waals surface area contributed by atoms with Gasteiger partial charge in [0.2, 0.25) is 5.91 Å². The van der Waals surface area contributed by atoms with Gasteiger partial charge >= 0.3 is 0 Å². The number of allylic oxidation sites excluding steroid dienone is 1. The van der Waals surface area contributed by atoms with E-state index in [4.69, 9.17) is 0 Å². The van der Waals surface area contributed by atoms with Crippen LogP contribution in [0, 0.1) is 5.82 Å². The fourth-order valence-corrected chi connectivity index (χ4v) is 2.66. The highest BCUT2D eigenvalue weighted by molar-refractivity contribution is 5.88. The first kappa shape index (κ1) is 12.8. The quantitative estimate of drug-likeness (QED) is 0.816. The lowest BCUT2D eigenvalue weighted by molar-refractivity contribution is -0.118. The second-order valence-corrected chi connectivity index (χ2v) is 4.79. The number of benzene rings is 1. The summed E-state index contributed by atoms with van der Waals surface area (Å²) in [7, 11) is 0. The predicted molar refractivity (Wildman–Crippen MR) is 69.5 cm³/mol. The van der Waals surface area contributed by atoms with Gasteiger partial charge in [0.05, 0.1) is 5.54 Å². The number of hydrogen-bond acceptors (Lipinski definition) is 1. The average molecular weight is 247 g/mol. The second kappa shape index (κ2) is 5.34. The Kier molecular flexibility index (Phi) is 3.80. The number of carbonyl (C=O) groups excluding carboxylic acids is 1. The molecule has 0 aromatic heterocycles. The van der Waals surface area contributed by atoms with Crippen molar-refractivity contribution in [1.82, 2.24) is 5.32 Å². The van der Waals surface area contributed by atoms with E-state index in [0.29, 0.717) is 0 Å². The largest absolute Gasteiger partial charge is 0.343 e. The van der Waals surface area contributed by atoms with Gasteiger partial charge < -0.3 is 5.32 Å². The molecule has 1 aliphatic rings. The van der Waals surface area contributed by atoms with Crippen LogP contribution in [0.4, 0.5) is 4.39 Å². The van der Waals surface area contributed by atoms with Crippen molar-refractivity contribution < 1.29 is 9.18 Å². The topological polar surface area (TPSA) is 29.1 Å². The van der Waals surface area contributed by atoms with Crippen LogP contribution in [0.2, 0.25) is 0 Å². The standard InChI is InChI=1S/C15H18FNO/c1-2-5-14(18)17-15(10-3-4-11-15)12-6-8-13(16)9-7-12/h2,5-9H,3-4,10-11H2,1H3,(H,17,18)/b5-2+. The Bertz CT molecular complexity index is 444. The molecule has 1 saturated carbocycles. The van der Waals surface area contributed by atoms with Gasteiger partial charge in [0.25, 0.3) is 0 Å². The van der Waals surface area contributed by atoms with Gasteiger partial charge in [0.15, 0.2) is 0 Å². The highest BCUT2D eigenvalue weighted by Gasteiger charge is 2.36. The van der Waals surface area contributed by atoms with Gasteiger partial charge in [-0.2, -0.15) is 0 Å². The molecule has 0 unspecified atom stereocenters. The van der Waals surface area contributed by atoms with Gasteiger partial charge in [-0.3, -0.25) is 4.79 Å². The van der Waals surface area contributed by atoms with Crippen LogP contribution in [0.25, 0.3) is 0 Å². The Morgan fingerprint density at radius 2 is 1.89 bits per heavy atom. The van der Waals surface area contributed by atoms with Gasteiger partial charge in [0, 0.05) is 0 Å². The second-order valence-electron chi connectivity index (χ2n) is 4.79. The summed E-state index contributed by atoms with van der Waals surface area (Å²) < 4.78 is 13.0. The summed E-state index contributed by atoms with van der Waals surface area (Å²) in [5, 5.41) is 3.08. The first-order chi connectivity index (χ1) is 8.66. The lowest BCUT2D eigenvalue weighted by Gasteiger charge is -2.30.